The molecule has 3 aromatic carbocycles. The Kier molecular flexibility index (Phi) is 5.86. The van der Waals surface area contributed by atoms with Gasteiger partial charge >= 0.3 is 6.03 Å². The summed E-state index contributed by atoms with van der Waals surface area (Å²) in [6, 6.07) is 19.0. The highest BCUT2D eigenvalue weighted by Gasteiger charge is 2.48. The van der Waals surface area contributed by atoms with E-state index in [-0.39, 0.29) is 0 Å². The van der Waals surface area contributed by atoms with Crippen molar-refractivity contribution >= 4 is 22.7 Å². The molecule has 1 heterocycles. The summed E-state index contributed by atoms with van der Waals surface area (Å²) in [5, 5.41) is 17.6. The van der Waals surface area contributed by atoms with Crippen molar-refractivity contribution in [3.63, 3.8) is 0 Å². The second kappa shape index (κ2) is 8.61. The summed E-state index contributed by atoms with van der Waals surface area (Å²) in [4.78, 5) is 25.6. The molecule has 32 heavy (non-hydrogen) atoms. The van der Waals surface area contributed by atoms with E-state index in [1.54, 1.807) is 12.1 Å². The summed E-state index contributed by atoms with van der Waals surface area (Å²) in [6.45, 7) is 3.00. The van der Waals surface area contributed by atoms with Gasteiger partial charge in [0.05, 0.1) is 0 Å². The normalized spacial score (nSPS) is 19.2. The van der Waals surface area contributed by atoms with Gasteiger partial charge in [0.15, 0.2) is 0 Å². The molecule has 4 rings (SSSR count). The second-order valence-electron chi connectivity index (χ2n) is 8.51. The van der Waals surface area contributed by atoms with E-state index in [1.807, 2.05) is 50.5 Å². The van der Waals surface area contributed by atoms with Crippen LogP contribution in [0.15, 0.2) is 60.7 Å². The van der Waals surface area contributed by atoms with Crippen molar-refractivity contribution in [2.24, 2.45) is 0 Å². The molecule has 3 N–H and O–H groups in total. The minimum absolute atomic E-state index is 0.543. The Hall–Kier alpha value is -3.42. The number of aliphatic hydroxyl groups excluding tert-OH is 1. The number of urea groups is 1. The van der Waals surface area contributed by atoms with Gasteiger partial charge in [0.25, 0.3) is 5.91 Å². The Balaban J connectivity index is 1.51. The summed E-state index contributed by atoms with van der Waals surface area (Å²) in [5.74, 6) is 0.306. The molecular weight excluding hydrogens is 406 g/mol. The Morgan fingerprint density at radius 3 is 2.28 bits per heavy atom. The average Bonchev–Trinajstić information content (AvgIpc) is 3.04. The fourth-order valence-electron chi connectivity index (χ4n) is 3.78. The van der Waals surface area contributed by atoms with Gasteiger partial charge in [-0.3, -0.25) is 10.1 Å². The molecule has 0 bridgehead atoms. The van der Waals surface area contributed by atoms with Crippen LogP contribution >= 0.6 is 0 Å². The molecule has 3 amide bonds. The molecule has 1 aliphatic rings. The smallest absolute Gasteiger partial charge is 0.322 e. The standard InChI is InChI=1S/C25H27N3O4/c1-25(23(30)26-24(31)27-25)22(29)17-6-4-16(5-7-17)18-8-9-20-15-21(11-10-19(20)14-18)32-13-12-28(2)3/h4-11,14-15,22,29H,12-13H2,1-3H3,(H2,26,27,30,31)/t22?,25-/m1/s1. The van der Waals surface area contributed by atoms with E-state index in [0.29, 0.717) is 12.2 Å². The van der Waals surface area contributed by atoms with Gasteiger partial charge in [-0.25, -0.2) is 4.79 Å². The molecule has 1 fully saturated rings. The number of fused-ring (bicyclic) bond motifs is 1. The number of rotatable bonds is 7. The third kappa shape index (κ3) is 4.30. The van der Waals surface area contributed by atoms with Gasteiger partial charge in [-0.05, 0) is 66.7 Å². The average molecular weight is 434 g/mol. The predicted octanol–water partition coefficient (Wildman–Crippen LogP) is 3.08. The highest BCUT2D eigenvalue weighted by atomic mass is 16.5. The van der Waals surface area contributed by atoms with Gasteiger partial charge in [0.1, 0.15) is 24.0 Å². The zero-order chi connectivity index (χ0) is 22.9. The molecule has 1 saturated heterocycles. The number of hydrogen-bond acceptors (Lipinski definition) is 5. The lowest BCUT2D eigenvalue weighted by Crippen LogP contribution is -2.49. The maximum Gasteiger partial charge on any atom is 0.322 e. The van der Waals surface area contributed by atoms with E-state index in [0.717, 1.165) is 34.2 Å². The van der Waals surface area contributed by atoms with E-state index >= 15 is 0 Å². The SMILES string of the molecule is CN(C)CCOc1ccc2cc(-c3ccc(C(O)[C@@]4(C)NC(=O)NC4=O)cc3)ccc2c1. The first-order valence-corrected chi connectivity index (χ1v) is 10.5. The van der Waals surface area contributed by atoms with Crippen LogP contribution < -0.4 is 15.4 Å². The molecule has 0 radical (unpaired) electrons. The Morgan fingerprint density at radius 1 is 0.969 bits per heavy atom. The number of nitrogens with one attached hydrogen (secondary N) is 2. The molecule has 7 nitrogen and oxygen atoms in total. The minimum Gasteiger partial charge on any atom is -0.492 e. The monoisotopic (exact) mass is 433 g/mol. The first kappa shape index (κ1) is 21.8. The van der Waals surface area contributed by atoms with E-state index in [1.165, 1.54) is 6.92 Å². The van der Waals surface area contributed by atoms with E-state index in [2.05, 4.69) is 27.7 Å². The Morgan fingerprint density at radius 2 is 1.62 bits per heavy atom. The van der Waals surface area contributed by atoms with Crippen LogP contribution in [0.25, 0.3) is 21.9 Å². The molecule has 2 atom stereocenters. The number of imide groups is 1. The zero-order valence-corrected chi connectivity index (χ0v) is 18.4. The van der Waals surface area contributed by atoms with Crippen LogP contribution in [0.2, 0.25) is 0 Å². The van der Waals surface area contributed by atoms with E-state index in [4.69, 9.17) is 4.74 Å². The number of ether oxygens (including phenoxy) is 1. The lowest BCUT2D eigenvalue weighted by Gasteiger charge is -2.27. The molecule has 7 heteroatoms. The van der Waals surface area contributed by atoms with Crippen LogP contribution in [-0.2, 0) is 4.79 Å². The first-order chi connectivity index (χ1) is 15.3. The zero-order valence-electron chi connectivity index (χ0n) is 18.4. The lowest BCUT2D eigenvalue weighted by atomic mass is 9.88. The van der Waals surface area contributed by atoms with Crippen LogP contribution in [0.1, 0.15) is 18.6 Å². The predicted molar refractivity (Wildman–Crippen MR) is 123 cm³/mol. The topological polar surface area (TPSA) is 90.9 Å². The van der Waals surface area contributed by atoms with E-state index in [9.17, 15) is 14.7 Å². The van der Waals surface area contributed by atoms with Gasteiger partial charge in [-0.1, -0.05) is 42.5 Å². The number of carbonyl (C=O) groups excluding carboxylic acids is 2. The highest BCUT2D eigenvalue weighted by Crippen LogP contribution is 2.31. The largest absolute Gasteiger partial charge is 0.492 e. The van der Waals surface area contributed by atoms with E-state index < -0.39 is 23.6 Å². The van der Waals surface area contributed by atoms with Gasteiger partial charge in [0.2, 0.25) is 0 Å². The summed E-state index contributed by atoms with van der Waals surface area (Å²) in [5.41, 5.74) is 1.18. The van der Waals surface area contributed by atoms with Crippen molar-refractivity contribution < 1.29 is 19.4 Å². The first-order valence-electron chi connectivity index (χ1n) is 10.5. The fourth-order valence-corrected chi connectivity index (χ4v) is 3.78. The van der Waals surface area contributed by atoms with Crippen LogP contribution in [0.5, 0.6) is 5.75 Å². The molecule has 0 aliphatic carbocycles. The van der Waals surface area contributed by atoms with Gasteiger partial charge in [0, 0.05) is 6.54 Å². The minimum atomic E-state index is -1.39. The Bertz CT molecular complexity index is 1160. The highest BCUT2D eigenvalue weighted by molar-refractivity contribution is 6.07. The maximum absolute atomic E-state index is 12.1. The van der Waals surface area contributed by atoms with Crippen LogP contribution in [0.3, 0.4) is 0 Å². The maximum atomic E-state index is 12.1. The van der Waals surface area contributed by atoms with Gasteiger partial charge in [-0.15, -0.1) is 0 Å². The molecule has 0 saturated carbocycles. The lowest BCUT2D eigenvalue weighted by molar-refractivity contribution is -0.127. The van der Waals surface area contributed by atoms with Gasteiger partial charge in [-0.2, -0.15) is 0 Å². The molecular formula is C25H27N3O4. The van der Waals surface area contributed by atoms with Gasteiger partial charge < -0.3 is 20.1 Å². The molecule has 166 valence electrons. The van der Waals surface area contributed by atoms with Crippen molar-refractivity contribution in [1.82, 2.24) is 15.5 Å². The third-order valence-corrected chi connectivity index (χ3v) is 5.80. The van der Waals surface area contributed by atoms with Crippen LogP contribution in [0.4, 0.5) is 4.79 Å². The van der Waals surface area contributed by atoms with Crippen molar-refractivity contribution in [3.8, 4) is 16.9 Å². The molecule has 0 spiro atoms. The quantitative estimate of drug-likeness (QED) is 0.498. The number of likely N-dealkylation sites (N-methyl/N-ethyl adjacent to an activating group) is 1. The summed E-state index contributed by atoms with van der Waals surface area (Å²) < 4.78 is 5.82. The number of carbonyl (C=O) groups is 2. The third-order valence-electron chi connectivity index (χ3n) is 5.80. The number of hydrogen-bond donors (Lipinski definition) is 3. The fraction of sp³-hybridized carbons (Fsp3) is 0.280. The molecule has 3 aromatic rings. The van der Waals surface area contributed by atoms with Crippen molar-refractivity contribution in [1.29, 1.82) is 0 Å². The summed E-state index contributed by atoms with van der Waals surface area (Å²) in [6.07, 6.45) is -1.16. The van der Waals surface area contributed by atoms with Crippen LogP contribution in [-0.4, -0.2) is 54.7 Å². The molecule has 1 aliphatic heterocycles. The Labute approximate surface area is 187 Å². The van der Waals surface area contributed by atoms with Crippen LogP contribution in [0, 0.1) is 0 Å². The molecule has 0 aromatic heterocycles. The summed E-state index contributed by atoms with van der Waals surface area (Å²) in [7, 11) is 4.03. The number of aliphatic hydroxyl groups is 1. The summed E-state index contributed by atoms with van der Waals surface area (Å²) >= 11 is 0. The number of amides is 3. The van der Waals surface area contributed by atoms with Crippen molar-refractivity contribution in [2.75, 3.05) is 27.2 Å². The molecule has 1 unspecified atom stereocenters. The van der Waals surface area contributed by atoms with Crippen molar-refractivity contribution in [2.45, 2.75) is 18.6 Å². The number of benzene rings is 3. The number of nitrogens with zero attached hydrogens (tertiary/aromatic N) is 1. The second-order valence-corrected chi connectivity index (χ2v) is 8.51. The van der Waals surface area contributed by atoms with Crippen molar-refractivity contribution in [3.05, 3.63) is 66.2 Å².